The summed E-state index contributed by atoms with van der Waals surface area (Å²) in [5.74, 6) is -1.26. The Morgan fingerprint density at radius 1 is 1.19 bits per heavy atom. The fourth-order valence-corrected chi connectivity index (χ4v) is 1.03. The predicted octanol–water partition coefficient (Wildman–Crippen LogP) is 0.0915. The zero-order valence-electron chi connectivity index (χ0n) is 9.10. The van der Waals surface area contributed by atoms with Gasteiger partial charge in [-0.05, 0) is 6.07 Å². The molecule has 0 atom stereocenters. The van der Waals surface area contributed by atoms with Gasteiger partial charge in [-0.1, -0.05) is 0 Å². The lowest BCUT2D eigenvalue weighted by molar-refractivity contribution is 0.0574. The fraction of sp³-hybridized carbons (Fsp3) is 0.333. The molecule has 16 heavy (non-hydrogen) atoms. The molecule has 0 aliphatic rings. The van der Waals surface area contributed by atoms with Crippen LogP contribution in [0.3, 0.4) is 0 Å². The van der Waals surface area contributed by atoms with E-state index in [-0.39, 0.29) is 11.4 Å². The zero-order valence-corrected chi connectivity index (χ0v) is 9.10. The Balaban J connectivity index is 3.16. The average molecular weight is 225 g/mol. The molecule has 7 nitrogen and oxygen atoms in total. The van der Waals surface area contributed by atoms with Crippen LogP contribution in [0.25, 0.3) is 0 Å². The van der Waals surface area contributed by atoms with Crippen LogP contribution in [-0.4, -0.2) is 43.4 Å². The molecule has 86 valence electrons. The number of nitrogens with one attached hydrogen (secondary N) is 1. The van der Waals surface area contributed by atoms with Gasteiger partial charge in [-0.15, -0.1) is 10.2 Å². The molecule has 0 unspecified atom stereocenters. The molecule has 0 saturated carbocycles. The number of ether oxygens (including phenoxy) is 2. The highest BCUT2D eigenvalue weighted by Gasteiger charge is 2.17. The highest BCUT2D eigenvalue weighted by atomic mass is 16.5. The number of carbonyl (C=O) groups excluding carboxylic acids is 2. The van der Waals surface area contributed by atoms with Gasteiger partial charge in [0.2, 0.25) is 0 Å². The summed E-state index contributed by atoms with van der Waals surface area (Å²) in [7, 11) is 4.06. The number of esters is 2. The van der Waals surface area contributed by atoms with E-state index in [0.29, 0.717) is 5.69 Å². The molecule has 0 spiro atoms. The van der Waals surface area contributed by atoms with E-state index in [1.165, 1.54) is 20.3 Å². The average Bonchev–Trinajstić information content (AvgIpc) is 2.35. The van der Waals surface area contributed by atoms with E-state index in [1.54, 1.807) is 7.05 Å². The lowest BCUT2D eigenvalue weighted by Crippen LogP contribution is -2.13. The Hall–Kier alpha value is -2.18. The van der Waals surface area contributed by atoms with E-state index in [4.69, 9.17) is 0 Å². The van der Waals surface area contributed by atoms with Crippen LogP contribution in [0.15, 0.2) is 6.07 Å². The van der Waals surface area contributed by atoms with Gasteiger partial charge in [0, 0.05) is 7.05 Å². The largest absolute Gasteiger partial charge is 0.464 e. The maximum atomic E-state index is 11.3. The first-order valence-corrected chi connectivity index (χ1v) is 4.36. The van der Waals surface area contributed by atoms with Gasteiger partial charge >= 0.3 is 11.9 Å². The number of methoxy groups -OCH3 is 2. The Morgan fingerprint density at radius 3 is 2.31 bits per heavy atom. The van der Waals surface area contributed by atoms with Crippen LogP contribution >= 0.6 is 0 Å². The van der Waals surface area contributed by atoms with E-state index >= 15 is 0 Å². The van der Waals surface area contributed by atoms with Crippen LogP contribution in [0.1, 0.15) is 21.0 Å². The first-order valence-electron chi connectivity index (χ1n) is 4.36. The standard InChI is InChI=1S/C9H11N3O4/c1-10-5-4-6(8(13)15-2)11-12-7(5)9(14)16-3/h4H,1-3H3,(H,10,11). The van der Waals surface area contributed by atoms with Crippen LogP contribution in [0, 0.1) is 0 Å². The molecule has 1 aromatic rings. The molecular formula is C9H11N3O4. The van der Waals surface area contributed by atoms with Crippen molar-refractivity contribution in [1.29, 1.82) is 0 Å². The van der Waals surface area contributed by atoms with Crippen LogP contribution in [0.4, 0.5) is 5.69 Å². The van der Waals surface area contributed by atoms with E-state index in [1.807, 2.05) is 0 Å². The van der Waals surface area contributed by atoms with Gasteiger partial charge in [0.05, 0.1) is 19.9 Å². The van der Waals surface area contributed by atoms with Crippen molar-refractivity contribution in [2.75, 3.05) is 26.6 Å². The molecule has 1 aromatic heterocycles. The highest BCUT2D eigenvalue weighted by molar-refractivity contribution is 5.95. The van der Waals surface area contributed by atoms with Crippen LogP contribution < -0.4 is 5.32 Å². The SMILES string of the molecule is CNc1cc(C(=O)OC)nnc1C(=O)OC. The second-order valence-electron chi connectivity index (χ2n) is 2.73. The van der Waals surface area contributed by atoms with Crippen LogP contribution in [0.2, 0.25) is 0 Å². The Labute approximate surface area is 91.8 Å². The van der Waals surface area contributed by atoms with Crippen LogP contribution in [-0.2, 0) is 9.47 Å². The van der Waals surface area contributed by atoms with Crippen molar-refractivity contribution in [3.05, 3.63) is 17.5 Å². The summed E-state index contributed by atoms with van der Waals surface area (Å²) >= 11 is 0. The number of hydrogen-bond donors (Lipinski definition) is 1. The summed E-state index contributed by atoms with van der Waals surface area (Å²) in [5.41, 5.74) is 0.374. The first kappa shape index (κ1) is 11.9. The van der Waals surface area contributed by atoms with E-state index < -0.39 is 11.9 Å². The van der Waals surface area contributed by atoms with Crippen molar-refractivity contribution < 1.29 is 19.1 Å². The summed E-state index contributed by atoms with van der Waals surface area (Å²) in [5, 5.41) is 9.88. The molecule has 0 radical (unpaired) electrons. The van der Waals surface area contributed by atoms with Crippen molar-refractivity contribution in [1.82, 2.24) is 10.2 Å². The fourth-order valence-electron chi connectivity index (χ4n) is 1.03. The second-order valence-corrected chi connectivity index (χ2v) is 2.73. The van der Waals surface area contributed by atoms with Crippen molar-refractivity contribution in [3.8, 4) is 0 Å². The maximum absolute atomic E-state index is 11.3. The monoisotopic (exact) mass is 225 g/mol. The quantitative estimate of drug-likeness (QED) is 0.729. The number of aromatic nitrogens is 2. The number of rotatable bonds is 3. The van der Waals surface area contributed by atoms with E-state index in [2.05, 4.69) is 25.0 Å². The van der Waals surface area contributed by atoms with Gasteiger partial charge < -0.3 is 14.8 Å². The Morgan fingerprint density at radius 2 is 1.81 bits per heavy atom. The minimum Gasteiger partial charge on any atom is -0.464 e. The Kier molecular flexibility index (Phi) is 3.76. The van der Waals surface area contributed by atoms with Gasteiger partial charge in [0.15, 0.2) is 11.4 Å². The summed E-state index contributed by atoms with van der Waals surface area (Å²) in [6.07, 6.45) is 0. The summed E-state index contributed by atoms with van der Waals surface area (Å²) in [6, 6.07) is 1.37. The molecule has 0 aromatic carbocycles. The number of nitrogens with zero attached hydrogens (tertiary/aromatic N) is 2. The summed E-state index contributed by atoms with van der Waals surface area (Å²) < 4.78 is 8.98. The van der Waals surface area contributed by atoms with Gasteiger partial charge in [-0.3, -0.25) is 0 Å². The molecule has 0 amide bonds. The van der Waals surface area contributed by atoms with E-state index in [0.717, 1.165) is 0 Å². The molecule has 7 heteroatoms. The lowest BCUT2D eigenvalue weighted by atomic mass is 10.3. The van der Waals surface area contributed by atoms with E-state index in [9.17, 15) is 9.59 Å². The minimum atomic E-state index is -0.631. The maximum Gasteiger partial charge on any atom is 0.360 e. The summed E-state index contributed by atoms with van der Waals surface area (Å²) in [6.45, 7) is 0. The number of anilines is 1. The van der Waals surface area contributed by atoms with Crippen molar-refractivity contribution in [2.24, 2.45) is 0 Å². The second kappa shape index (κ2) is 5.06. The topological polar surface area (TPSA) is 90.4 Å². The molecule has 0 saturated heterocycles. The smallest absolute Gasteiger partial charge is 0.360 e. The molecule has 0 aliphatic carbocycles. The van der Waals surface area contributed by atoms with Gasteiger partial charge in [-0.25, -0.2) is 9.59 Å². The van der Waals surface area contributed by atoms with Crippen molar-refractivity contribution in [2.45, 2.75) is 0 Å². The third-order valence-corrected chi connectivity index (χ3v) is 1.84. The summed E-state index contributed by atoms with van der Waals surface area (Å²) in [4.78, 5) is 22.4. The molecule has 0 fully saturated rings. The predicted molar refractivity (Wildman–Crippen MR) is 54.3 cm³/mol. The lowest BCUT2D eigenvalue weighted by Gasteiger charge is -2.06. The minimum absolute atomic E-state index is 0.0117. The Bertz CT molecular complexity index is 419. The molecule has 0 aliphatic heterocycles. The van der Waals surface area contributed by atoms with Gasteiger partial charge in [0.25, 0.3) is 0 Å². The molecule has 1 heterocycles. The molecule has 1 rings (SSSR count). The molecule has 1 N–H and O–H groups in total. The number of hydrogen-bond acceptors (Lipinski definition) is 7. The van der Waals surface area contributed by atoms with Gasteiger partial charge in [0.1, 0.15) is 0 Å². The first-order chi connectivity index (χ1) is 7.63. The zero-order chi connectivity index (χ0) is 12.1. The van der Waals surface area contributed by atoms with Crippen molar-refractivity contribution >= 4 is 17.6 Å². The highest BCUT2D eigenvalue weighted by Crippen LogP contribution is 2.14. The normalized spacial score (nSPS) is 9.44. The van der Waals surface area contributed by atoms with Crippen molar-refractivity contribution in [3.63, 3.8) is 0 Å². The number of carbonyl (C=O) groups is 2. The molecular weight excluding hydrogens is 214 g/mol. The molecule has 0 bridgehead atoms. The third kappa shape index (κ3) is 2.25. The van der Waals surface area contributed by atoms with Gasteiger partial charge in [-0.2, -0.15) is 0 Å². The third-order valence-electron chi connectivity index (χ3n) is 1.84. The van der Waals surface area contributed by atoms with Crippen LogP contribution in [0.5, 0.6) is 0 Å².